The molecule has 17 heavy (non-hydrogen) atoms. The number of nitrogens with zero attached hydrogens (tertiary/aromatic N) is 1. The number of aromatic amines is 2. The molecule has 3 rings (SSSR count). The van der Waals surface area contributed by atoms with Crippen molar-refractivity contribution in [1.29, 1.82) is 0 Å². The van der Waals surface area contributed by atoms with E-state index in [1.807, 2.05) is 6.20 Å². The highest BCUT2D eigenvalue weighted by Crippen LogP contribution is 2.39. The van der Waals surface area contributed by atoms with E-state index in [0.29, 0.717) is 17.4 Å². The lowest BCUT2D eigenvalue weighted by molar-refractivity contribution is 0.229. The lowest BCUT2D eigenvalue weighted by atomic mass is 9.98. The van der Waals surface area contributed by atoms with E-state index in [1.54, 1.807) is 0 Å². The van der Waals surface area contributed by atoms with Crippen molar-refractivity contribution in [1.82, 2.24) is 15.0 Å². The Bertz CT molecular complexity index is 587. The molecule has 2 atom stereocenters. The first kappa shape index (κ1) is 10.5. The fourth-order valence-corrected chi connectivity index (χ4v) is 2.81. The number of fused-ring (bicyclic) bond motifs is 1. The summed E-state index contributed by atoms with van der Waals surface area (Å²) in [7, 11) is 0. The van der Waals surface area contributed by atoms with E-state index in [4.69, 9.17) is 5.11 Å². The summed E-state index contributed by atoms with van der Waals surface area (Å²) in [6, 6.07) is 0. The first-order valence-corrected chi connectivity index (χ1v) is 5.95. The maximum atomic E-state index is 11.6. The maximum absolute atomic E-state index is 11.6. The van der Waals surface area contributed by atoms with Crippen LogP contribution in [0.25, 0.3) is 11.0 Å². The molecule has 0 unspecified atom stereocenters. The van der Waals surface area contributed by atoms with E-state index in [2.05, 4.69) is 15.0 Å². The molecule has 0 saturated heterocycles. The van der Waals surface area contributed by atoms with Gasteiger partial charge in [-0.3, -0.25) is 4.79 Å². The van der Waals surface area contributed by atoms with Gasteiger partial charge in [0.1, 0.15) is 5.52 Å². The highest BCUT2D eigenvalue weighted by atomic mass is 16.3. The summed E-state index contributed by atoms with van der Waals surface area (Å²) in [6.07, 6.45) is 6.43. The average Bonchev–Trinajstić information content (AvgIpc) is 2.94. The Balaban J connectivity index is 2.02. The smallest absolute Gasteiger partial charge is 0.275 e. The molecule has 5 heteroatoms. The van der Waals surface area contributed by atoms with Gasteiger partial charge in [-0.05, 0) is 36.7 Å². The molecule has 0 amide bonds. The van der Waals surface area contributed by atoms with Crippen molar-refractivity contribution >= 4 is 11.0 Å². The van der Waals surface area contributed by atoms with Crippen LogP contribution in [0.5, 0.6) is 0 Å². The standard InChI is InChI=1S/C12H15N3O2/c16-5-7-1-2-8(3-7)9-4-13-11-10(9)14-6-15-12(11)17/h4,6-8,13,16H,1-3,5H2,(H,14,15,17)/t7-,8+/m1/s1. The maximum Gasteiger partial charge on any atom is 0.275 e. The molecule has 2 aromatic heterocycles. The second kappa shape index (κ2) is 4.00. The monoisotopic (exact) mass is 233 g/mol. The summed E-state index contributed by atoms with van der Waals surface area (Å²) in [5.74, 6) is 0.808. The molecule has 5 nitrogen and oxygen atoms in total. The van der Waals surface area contributed by atoms with Crippen LogP contribution in [0.3, 0.4) is 0 Å². The van der Waals surface area contributed by atoms with Crippen LogP contribution in [-0.4, -0.2) is 26.7 Å². The number of aromatic nitrogens is 3. The van der Waals surface area contributed by atoms with Crippen LogP contribution < -0.4 is 5.56 Å². The first-order chi connectivity index (χ1) is 8.29. The number of hydrogen-bond donors (Lipinski definition) is 3. The van der Waals surface area contributed by atoms with E-state index in [-0.39, 0.29) is 12.2 Å². The van der Waals surface area contributed by atoms with Crippen LogP contribution in [0, 0.1) is 5.92 Å². The second-order valence-electron chi connectivity index (χ2n) is 4.76. The van der Waals surface area contributed by atoms with Gasteiger partial charge in [-0.25, -0.2) is 4.98 Å². The van der Waals surface area contributed by atoms with Gasteiger partial charge >= 0.3 is 0 Å². The number of rotatable bonds is 2. The van der Waals surface area contributed by atoms with Gasteiger partial charge in [0.05, 0.1) is 11.8 Å². The quantitative estimate of drug-likeness (QED) is 0.727. The lowest BCUT2D eigenvalue weighted by Gasteiger charge is -2.07. The molecule has 2 aromatic rings. The summed E-state index contributed by atoms with van der Waals surface area (Å²) in [5.41, 5.74) is 2.31. The van der Waals surface area contributed by atoms with Gasteiger partial charge in [-0.1, -0.05) is 0 Å². The average molecular weight is 233 g/mol. The van der Waals surface area contributed by atoms with Gasteiger partial charge in [0.2, 0.25) is 0 Å². The number of aliphatic hydroxyl groups is 1. The van der Waals surface area contributed by atoms with E-state index in [0.717, 1.165) is 30.3 Å². The summed E-state index contributed by atoms with van der Waals surface area (Å²) in [6.45, 7) is 0.257. The minimum absolute atomic E-state index is 0.127. The summed E-state index contributed by atoms with van der Waals surface area (Å²) >= 11 is 0. The molecule has 1 saturated carbocycles. The second-order valence-corrected chi connectivity index (χ2v) is 4.76. The molecule has 90 valence electrons. The molecule has 0 aliphatic heterocycles. The fraction of sp³-hybridized carbons (Fsp3) is 0.500. The number of aliphatic hydroxyl groups excluding tert-OH is 1. The summed E-state index contributed by atoms with van der Waals surface area (Å²) < 4.78 is 0. The van der Waals surface area contributed by atoms with Crippen LogP contribution >= 0.6 is 0 Å². The number of nitrogens with one attached hydrogen (secondary N) is 2. The third-order valence-electron chi connectivity index (χ3n) is 3.74. The number of hydrogen-bond acceptors (Lipinski definition) is 3. The fourth-order valence-electron chi connectivity index (χ4n) is 2.81. The summed E-state index contributed by atoms with van der Waals surface area (Å²) in [4.78, 5) is 21.4. The van der Waals surface area contributed by atoms with E-state index in [9.17, 15) is 4.79 Å². The predicted octanol–water partition coefficient (Wildman–Crippen LogP) is 1.13. The van der Waals surface area contributed by atoms with Crippen LogP contribution in [0.15, 0.2) is 17.3 Å². The van der Waals surface area contributed by atoms with Crippen LogP contribution in [0.4, 0.5) is 0 Å². The van der Waals surface area contributed by atoms with Crippen LogP contribution in [0.2, 0.25) is 0 Å². The Morgan fingerprint density at radius 3 is 3.06 bits per heavy atom. The molecule has 1 fully saturated rings. The Hall–Kier alpha value is -1.62. The SMILES string of the molecule is O=c1[nH]cnc2c([C@H]3CC[C@@H](CO)C3)c[nH]c12. The van der Waals surface area contributed by atoms with Gasteiger partial charge in [-0.2, -0.15) is 0 Å². The molecule has 2 heterocycles. The van der Waals surface area contributed by atoms with Crippen molar-refractivity contribution in [3.63, 3.8) is 0 Å². The minimum atomic E-state index is -0.127. The number of H-pyrrole nitrogens is 2. The molecular weight excluding hydrogens is 218 g/mol. The Morgan fingerprint density at radius 2 is 2.29 bits per heavy atom. The zero-order valence-corrected chi connectivity index (χ0v) is 9.44. The van der Waals surface area contributed by atoms with Crippen molar-refractivity contribution < 1.29 is 5.11 Å². The summed E-state index contributed by atoms with van der Waals surface area (Å²) in [5, 5.41) is 9.16. The Morgan fingerprint density at radius 1 is 1.41 bits per heavy atom. The van der Waals surface area contributed by atoms with Gasteiger partial charge in [-0.15, -0.1) is 0 Å². The van der Waals surface area contributed by atoms with Crippen LogP contribution in [0.1, 0.15) is 30.7 Å². The van der Waals surface area contributed by atoms with Gasteiger partial charge in [0, 0.05) is 12.8 Å². The molecule has 0 radical (unpaired) electrons. The Labute approximate surface area is 97.9 Å². The van der Waals surface area contributed by atoms with Gasteiger partial charge in [0.25, 0.3) is 5.56 Å². The molecule has 3 N–H and O–H groups in total. The van der Waals surface area contributed by atoms with E-state index >= 15 is 0 Å². The third kappa shape index (κ3) is 1.67. The van der Waals surface area contributed by atoms with E-state index in [1.165, 1.54) is 6.33 Å². The minimum Gasteiger partial charge on any atom is -0.396 e. The zero-order valence-electron chi connectivity index (χ0n) is 9.44. The van der Waals surface area contributed by atoms with Crippen molar-refractivity contribution in [2.75, 3.05) is 6.61 Å². The van der Waals surface area contributed by atoms with Crippen LogP contribution in [-0.2, 0) is 0 Å². The van der Waals surface area contributed by atoms with Crippen molar-refractivity contribution in [2.24, 2.45) is 5.92 Å². The molecule has 0 spiro atoms. The van der Waals surface area contributed by atoms with Gasteiger partial charge < -0.3 is 15.1 Å². The van der Waals surface area contributed by atoms with Crippen molar-refractivity contribution in [2.45, 2.75) is 25.2 Å². The highest BCUT2D eigenvalue weighted by Gasteiger charge is 2.27. The molecular formula is C12H15N3O2. The molecule has 1 aliphatic carbocycles. The third-order valence-corrected chi connectivity index (χ3v) is 3.74. The largest absolute Gasteiger partial charge is 0.396 e. The lowest BCUT2D eigenvalue weighted by Crippen LogP contribution is -2.06. The zero-order chi connectivity index (χ0) is 11.8. The predicted molar refractivity (Wildman–Crippen MR) is 63.9 cm³/mol. The Kier molecular flexibility index (Phi) is 2.48. The van der Waals surface area contributed by atoms with Gasteiger partial charge in [0.15, 0.2) is 0 Å². The van der Waals surface area contributed by atoms with Crippen molar-refractivity contribution in [3.05, 3.63) is 28.4 Å². The molecule has 1 aliphatic rings. The first-order valence-electron chi connectivity index (χ1n) is 5.95. The molecule has 0 bridgehead atoms. The topological polar surface area (TPSA) is 81.8 Å². The highest BCUT2D eigenvalue weighted by molar-refractivity contribution is 5.78. The van der Waals surface area contributed by atoms with E-state index < -0.39 is 0 Å². The normalized spacial score (nSPS) is 24.5. The molecule has 0 aromatic carbocycles. The van der Waals surface area contributed by atoms with Crippen molar-refractivity contribution in [3.8, 4) is 0 Å².